The van der Waals surface area contributed by atoms with Crippen molar-refractivity contribution >= 4 is 23.2 Å². The molecular formula is C18H18N4O. The summed E-state index contributed by atoms with van der Waals surface area (Å²) in [6.07, 6.45) is 1.90. The highest BCUT2D eigenvalue weighted by atomic mass is 16.2. The summed E-state index contributed by atoms with van der Waals surface area (Å²) >= 11 is 0. The number of hydrogen-bond donors (Lipinski definition) is 1. The number of nitrogens with one attached hydrogen (secondary N) is 1. The molecule has 1 heterocycles. The van der Waals surface area contributed by atoms with E-state index in [1.54, 1.807) is 6.21 Å². The molecule has 0 saturated carbocycles. The summed E-state index contributed by atoms with van der Waals surface area (Å²) in [6.45, 7) is 2.85. The Kier molecular flexibility index (Phi) is 4.47. The summed E-state index contributed by atoms with van der Waals surface area (Å²) in [6, 6.07) is 17.5. The lowest BCUT2D eigenvalue weighted by atomic mass is 10.1. The zero-order valence-electron chi connectivity index (χ0n) is 12.9. The van der Waals surface area contributed by atoms with Crippen LogP contribution in [0.5, 0.6) is 0 Å². The van der Waals surface area contributed by atoms with Gasteiger partial charge in [0.05, 0.1) is 23.7 Å². The van der Waals surface area contributed by atoms with Gasteiger partial charge >= 0.3 is 0 Å². The second-order valence-electron chi connectivity index (χ2n) is 5.16. The van der Waals surface area contributed by atoms with Crippen LogP contribution in [0.2, 0.25) is 0 Å². The molecule has 23 heavy (non-hydrogen) atoms. The highest BCUT2D eigenvalue weighted by Gasteiger charge is 2.07. The number of fused-ring (bicyclic) bond motifs is 1. The molecule has 0 fully saturated rings. The molecule has 0 aliphatic heterocycles. The Morgan fingerprint density at radius 1 is 1.17 bits per heavy atom. The molecule has 116 valence electrons. The predicted octanol–water partition coefficient (Wildman–Crippen LogP) is 2.75. The fraction of sp³-hybridized carbons (Fsp3) is 0.167. The van der Waals surface area contributed by atoms with E-state index in [-0.39, 0.29) is 5.91 Å². The molecule has 0 aliphatic carbocycles. The van der Waals surface area contributed by atoms with E-state index in [0.717, 1.165) is 29.0 Å². The maximum atomic E-state index is 11.9. The normalized spacial score (nSPS) is 11.2. The first kappa shape index (κ1) is 15.0. The quantitative estimate of drug-likeness (QED) is 0.582. The fourth-order valence-electron chi connectivity index (χ4n) is 2.51. The smallest absolute Gasteiger partial charge is 0.244 e. The van der Waals surface area contributed by atoms with E-state index in [2.05, 4.69) is 27.0 Å². The second kappa shape index (κ2) is 6.87. The van der Waals surface area contributed by atoms with E-state index in [9.17, 15) is 4.79 Å². The van der Waals surface area contributed by atoms with Crippen LogP contribution in [-0.4, -0.2) is 21.7 Å². The first-order valence-electron chi connectivity index (χ1n) is 7.59. The third-order valence-corrected chi connectivity index (χ3v) is 3.58. The van der Waals surface area contributed by atoms with Gasteiger partial charge in [0.2, 0.25) is 5.91 Å². The molecule has 5 heteroatoms. The number of imidazole rings is 1. The SMILES string of the molecule is CCn1c(/C=N\NC(=O)Cc2ccccc2)nc2ccccc21. The molecular weight excluding hydrogens is 288 g/mol. The molecule has 5 nitrogen and oxygen atoms in total. The Hall–Kier alpha value is -2.95. The Bertz CT molecular complexity index is 837. The van der Waals surface area contributed by atoms with Crippen LogP contribution in [0.15, 0.2) is 59.7 Å². The molecule has 0 radical (unpaired) electrons. The van der Waals surface area contributed by atoms with Gasteiger partial charge in [-0.15, -0.1) is 0 Å². The van der Waals surface area contributed by atoms with Crippen LogP contribution in [0.4, 0.5) is 0 Å². The van der Waals surface area contributed by atoms with Crippen molar-refractivity contribution in [2.45, 2.75) is 19.9 Å². The summed E-state index contributed by atoms with van der Waals surface area (Å²) in [4.78, 5) is 16.4. The molecule has 1 amide bonds. The fourth-order valence-corrected chi connectivity index (χ4v) is 2.51. The van der Waals surface area contributed by atoms with Gasteiger partial charge in [0.25, 0.3) is 0 Å². The molecule has 0 saturated heterocycles. The maximum Gasteiger partial charge on any atom is 0.244 e. The van der Waals surface area contributed by atoms with Gasteiger partial charge in [0.15, 0.2) is 5.82 Å². The van der Waals surface area contributed by atoms with E-state index >= 15 is 0 Å². The summed E-state index contributed by atoms with van der Waals surface area (Å²) in [5.41, 5.74) is 5.50. The molecule has 0 atom stereocenters. The van der Waals surface area contributed by atoms with Crippen LogP contribution < -0.4 is 5.43 Å². The standard InChI is InChI=1S/C18H18N4O/c1-2-22-16-11-7-6-10-15(16)20-17(22)13-19-21-18(23)12-14-8-4-3-5-9-14/h3-11,13H,2,12H2,1H3,(H,21,23)/b19-13-. The summed E-state index contributed by atoms with van der Waals surface area (Å²) in [5, 5.41) is 4.03. The zero-order valence-corrected chi connectivity index (χ0v) is 12.9. The van der Waals surface area contributed by atoms with Crippen LogP contribution >= 0.6 is 0 Å². The first-order valence-corrected chi connectivity index (χ1v) is 7.59. The predicted molar refractivity (Wildman–Crippen MR) is 91.3 cm³/mol. The Morgan fingerprint density at radius 3 is 2.70 bits per heavy atom. The number of rotatable bonds is 5. The molecule has 0 bridgehead atoms. The number of amides is 1. The minimum absolute atomic E-state index is 0.147. The van der Waals surface area contributed by atoms with Crippen molar-refractivity contribution in [3.63, 3.8) is 0 Å². The first-order chi connectivity index (χ1) is 11.3. The van der Waals surface area contributed by atoms with Gasteiger partial charge in [-0.3, -0.25) is 4.79 Å². The Morgan fingerprint density at radius 2 is 1.91 bits per heavy atom. The Balaban J connectivity index is 1.69. The van der Waals surface area contributed by atoms with Crippen molar-refractivity contribution in [1.82, 2.24) is 15.0 Å². The molecule has 3 aromatic rings. The zero-order chi connectivity index (χ0) is 16.1. The number of benzene rings is 2. The lowest BCUT2D eigenvalue weighted by Crippen LogP contribution is -2.20. The van der Waals surface area contributed by atoms with Gasteiger partial charge in [-0.2, -0.15) is 5.10 Å². The minimum atomic E-state index is -0.147. The van der Waals surface area contributed by atoms with Crippen molar-refractivity contribution in [3.8, 4) is 0 Å². The highest BCUT2D eigenvalue weighted by molar-refractivity contribution is 5.86. The number of para-hydroxylation sites is 2. The molecule has 3 rings (SSSR count). The van der Waals surface area contributed by atoms with Crippen molar-refractivity contribution in [2.75, 3.05) is 0 Å². The van der Waals surface area contributed by atoms with E-state index in [0.29, 0.717) is 6.42 Å². The van der Waals surface area contributed by atoms with Gasteiger partial charge in [0, 0.05) is 6.54 Å². The topological polar surface area (TPSA) is 59.3 Å². The number of aryl methyl sites for hydroxylation is 1. The van der Waals surface area contributed by atoms with Crippen molar-refractivity contribution in [2.24, 2.45) is 5.10 Å². The summed E-state index contributed by atoms with van der Waals surface area (Å²) in [5.74, 6) is 0.584. The lowest BCUT2D eigenvalue weighted by molar-refractivity contribution is -0.120. The van der Waals surface area contributed by atoms with Crippen molar-refractivity contribution < 1.29 is 4.79 Å². The number of hydrogen-bond acceptors (Lipinski definition) is 3. The van der Waals surface area contributed by atoms with Gasteiger partial charge in [-0.1, -0.05) is 42.5 Å². The number of carbonyl (C=O) groups is 1. The maximum absolute atomic E-state index is 11.9. The third kappa shape index (κ3) is 3.45. The lowest BCUT2D eigenvalue weighted by Gasteiger charge is -2.02. The van der Waals surface area contributed by atoms with Gasteiger partial charge in [-0.05, 0) is 24.6 Å². The summed E-state index contributed by atoms with van der Waals surface area (Å²) in [7, 11) is 0. The Labute approximate surface area is 134 Å². The van der Waals surface area contributed by atoms with Crippen LogP contribution in [0.1, 0.15) is 18.3 Å². The van der Waals surface area contributed by atoms with Crippen LogP contribution in [0.25, 0.3) is 11.0 Å². The monoisotopic (exact) mass is 306 g/mol. The largest absolute Gasteiger partial charge is 0.323 e. The van der Waals surface area contributed by atoms with Crippen LogP contribution in [0, 0.1) is 0 Å². The van der Waals surface area contributed by atoms with Gasteiger partial charge < -0.3 is 4.57 Å². The van der Waals surface area contributed by atoms with Crippen molar-refractivity contribution in [3.05, 3.63) is 66.0 Å². The molecule has 0 unspecified atom stereocenters. The average Bonchev–Trinajstić information content (AvgIpc) is 2.93. The van der Waals surface area contributed by atoms with Gasteiger partial charge in [0.1, 0.15) is 0 Å². The highest BCUT2D eigenvalue weighted by Crippen LogP contribution is 2.14. The van der Waals surface area contributed by atoms with Crippen LogP contribution in [-0.2, 0) is 17.8 Å². The summed E-state index contributed by atoms with van der Waals surface area (Å²) < 4.78 is 2.06. The number of hydrazone groups is 1. The van der Waals surface area contributed by atoms with Gasteiger partial charge in [-0.25, -0.2) is 10.4 Å². The molecule has 1 aromatic heterocycles. The van der Waals surface area contributed by atoms with Crippen molar-refractivity contribution in [1.29, 1.82) is 0 Å². The van der Waals surface area contributed by atoms with E-state index in [4.69, 9.17) is 0 Å². The number of nitrogens with zero attached hydrogens (tertiary/aromatic N) is 3. The number of carbonyl (C=O) groups excluding carboxylic acids is 1. The number of aromatic nitrogens is 2. The average molecular weight is 306 g/mol. The molecule has 1 N–H and O–H groups in total. The van der Waals surface area contributed by atoms with Crippen LogP contribution in [0.3, 0.4) is 0 Å². The second-order valence-corrected chi connectivity index (χ2v) is 5.16. The molecule has 2 aromatic carbocycles. The van der Waals surface area contributed by atoms with E-state index in [1.807, 2.05) is 54.6 Å². The van der Waals surface area contributed by atoms with E-state index < -0.39 is 0 Å². The molecule has 0 aliphatic rings. The van der Waals surface area contributed by atoms with E-state index in [1.165, 1.54) is 0 Å². The minimum Gasteiger partial charge on any atom is -0.323 e. The third-order valence-electron chi connectivity index (χ3n) is 3.58. The molecule has 0 spiro atoms.